The van der Waals surface area contributed by atoms with Crippen molar-refractivity contribution in [1.29, 1.82) is 0 Å². The molecule has 21 heavy (non-hydrogen) atoms. The average Bonchev–Trinajstić information content (AvgIpc) is 3.01. The Balaban J connectivity index is 2.08. The molecule has 0 radical (unpaired) electrons. The first-order valence-electron chi connectivity index (χ1n) is 7.11. The molecule has 112 valence electrons. The van der Waals surface area contributed by atoms with Crippen molar-refractivity contribution in [3.8, 4) is 0 Å². The van der Waals surface area contributed by atoms with Gasteiger partial charge in [0, 0.05) is 20.6 Å². The number of H-pyrrole nitrogens is 1. The number of likely N-dealkylation sites (N-methyl/N-ethyl adjacent to an activating group) is 1. The number of imidazole rings is 1. The van der Waals surface area contributed by atoms with Crippen LogP contribution in [0, 0.1) is 0 Å². The Kier molecular flexibility index (Phi) is 3.59. The molecule has 1 unspecified atom stereocenters. The van der Waals surface area contributed by atoms with Gasteiger partial charge in [0.2, 0.25) is 11.9 Å². The third-order valence-corrected chi connectivity index (χ3v) is 3.81. The maximum absolute atomic E-state index is 12.1. The standard InChI is InChI=1S/C13H19N7O/c1-14-12(21)8-5-3-4-6-20(8)11-9-10(17-7-16-9)18-13(15-2)19-11/h7-8H,3-6H2,1-2H3,(H,14,21)(H2,15,16,17,18,19). The second-order valence-corrected chi connectivity index (χ2v) is 5.04. The molecule has 0 aromatic carbocycles. The number of anilines is 2. The highest BCUT2D eigenvalue weighted by Crippen LogP contribution is 2.28. The minimum atomic E-state index is -0.199. The van der Waals surface area contributed by atoms with E-state index in [-0.39, 0.29) is 11.9 Å². The summed E-state index contributed by atoms with van der Waals surface area (Å²) < 4.78 is 0. The number of hydrogen-bond acceptors (Lipinski definition) is 6. The minimum Gasteiger partial charge on any atom is -0.357 e. The van der Waals surface area contributed by atoms with E-state index in [2.05, 4.69) is 30.6 Å². The number of nitrogens with one attached hydrogen (secondary N) is 3. The average molecular weight is 289 g/mol. The molecular formula is C13H19N7O. The number of piperidine rings is 1. The molecule has 1 amide bonds. The van der Waals surface area contributed by atoms with Gasteiger partial charge in [-0.1, -0.05) is 0 Å². The van der Waals surface area contributed by atoms with Gasteiger partial charge in [-0.3, -0.25) is 4.79 Å². The zero-order chi connectivity index (χ0) is 14.8. The normalized spacial score (nSPS) is 18.8. The van der Waals surface area contributed by atoms with Crippen molar-refractivity contribution in [2.75, 3.05) is 30.9 Å². The van der Waals surface area contributed by atoms with Gasteiger partial charge < -0.3 is 20.5 Å². The summed E-state index contributed by atoms with van der Waals surface area (Å²) in [6.45, 7) is 0.798. The van der Waals surface area contributed by atoms with Crippen LogP contribution in [0.4, 0.5) is 11.8 Å². The molecule has 0 spiro atoms. The van der Waals surface area contributed by atoms with E-state index < -0.39 is 0 Å². The van der Waals surface area contributed by atoms with Crippen molar-refractivity contribution in [3.63, 3.8) is 0 Å². The number of aromatic amines is 1. The summed E-state index contributed by atoms with van der Waals surface area (Å²) in [5.41, 5.74) is 1.37. The van der Waals surface area contributed by atoms with E-state index in [0.717, 1.165) is 37.1 Å². The van der Waals surface area contributed by atoms with Crippen molar-refractivity contribution >= 4 is 28.8 Å². The largest absolute Gasteiger partial charge is 0.357 e. The molecule has 3 rings (SSSR count). The third-order valence-electron chi connectivity index (χ3n) is 3.81. The van der Waals surface area contributed by atoms with Gasteiger partial charge in [-0.15, -0.1) is 0 Å². The molecule has 1 aliphatic heterocycles. The van der Waals surface area contributed by atoms with Gasteiger partial charge in [-0.25, -0.2) is 4.98 Å². The second-order valence-electron chi connectivity index (χ2n) is 5.04. The molecule has 1 fully saturated rings. The Hall–Kier alpha value is -2.38. The van der Waals surface area contributed by atoms with Crippen LogP contribution in [-0.2, 0) is 4.79 Å². The molecule has 2 aromatic rings. The number of hydrogen-bond donors (Lipinski definition) is 3. The molecule has 0 aliphatic carbocycles. The highest BCUT2D eigenvalue weighted by molar-refractivity contribution is 5.90. The van der Waals surface area contributed by atoms with Crippen molar-refractivity contribution in [1.82, 2.24) is 25.3 Å². The summed E-state index contributed by atoms with van der Waals surface area (Å²) in [5, 5.41) is 5.68. The number of nitrogens with zero attached hydrogens (tertiary/aromatic N) is 4. The van der Waals surface area contributed by atoms with Crippen molar-refractivity contribution in [2.24, 2.45) is 0 Å². The number of fused-ring (bicyclic) bond motifs is 1. The van der Waals surface area contributed by atoms with Crippen molar-refractivity contribution in [2.45, 2.75) is 25.3 Å². The first kappa shape index (κ1) is 13.6. The Morgan fingerprint density at radius 3 is 3.00 bits per heavy atom. The lowest BCUT2D eigenvalue weighted by molar-refractivity contribution is -0.122. The summed E-state index contributed by atoms with van der Waals surface area (Å²) in [6.07, 6.45) is 4.52. The van der Waals surface area contributed by atoms with Crippen LogP contribution in [0.25, 0.3) is 11.2 Å². The molecule has 3 N–H and O–H groups in total. The maximum atomic E-state index is 12.1. The van der Waals surface area contributed by atoms with Crippen LogP contribution in [-0.4, -0.2) is 52.5 Å². The SMILES string of the molecule is CNC(=O)C1CCCCN1c1nc(NC)nc2nc[nH]c12. The van der Waals surface area contributed by atoms with Gasteiger partial charge >= 0.3 is 0 Å². The highest BCUT2D eigenvalue weighted by atomic mass is 16.2. The fraction of sp³-hybridized carbons (Fsp3) is 0.538. The molecule has 0 saturated carbocycles. The Bertz CT molecular complexity index is 653. The zero-order valence-electron chi connectivity index (χ0n) is 12.2. The highest BCUT2D eigenvalue weighted by Gasteiger charge is 2.31. The Labute approximate surface area is 122 Å². The summed E-state index contributed by atoms with van der Waals surface area (Å²) in [7, 11) is 3.43. The smallest absolute Gasteiger partial charge is 0.242 e. The first-order valence-corrected chi connectivity index (χ1v) is 7.11. The van der Waals surface area contributed by atoms with Crippen LogP contribution < -0.4 is 15.5 Å². The minimum absolute atomic E-state index is 0.0204. The first-order chi connectivity index (χ1) is 10.2. The van der Waals surface area contributed by atoms with Gasteiger partial charge in [-0.05, 0) is 19.3 Å². The van der Waals surface area contributed by atoms with Crippen LogP contribution >= 0.6 is 0 Å². The monoisotopic (exact) mass is 289 g/mol. The van der Waals surface area contributed by atoms with Gasteiger partial charge in [0.05, 0.1) is 6.33 Å². The Morgan fingerprint density at radius 1 is 1.38 bits per heavy atom. The molecule has 2 aromatic heterocycles. The van der Waals surface area contributed by atoms with E-state index in [9.17, 15) is 4.79 Å². The van der Waals surface area contributed by atoms with Gasteiger partial charge in [0.25, 0.3) is 0 Å². The van der Waals surface area contributed by atoms with E-state index in [1.54, 1.807) is 20.4 Å². The number of carbonyl (C=O) groups is 1. The molecular weight excluding hydrogens is 270 g/mol. The zero-order valence-corrected chi connectivity index (χ0v) is 12.2. The lowest BCUT2D eigenvalue weighted by Crippen LogP contribution is -2.49. The number of carbonyl (C=O) groups excluding carboxylic acids is 1. The fourth-order valence-electron chi connectivity index (χ4n) is 2.76. The van der Waals surface area contributed by atoms with Gasteiger partial charge in [-0.2, -0.15) is 9.97 Å². The summed E-state index contributed by atoms with van der Waals surface area (Å²) >= 11 is 0. The lowest BCUT2D eigenvalue weighted by Gasteiger charge is -2.35. The molecule has 8 nitrogen and oxygen atoms in total. The lowest BCUT2D eigenvalue weighted by atomic mass is 10.0. The summed E-state index contributed by atoms with van der Waals surface area (Å²) in [6, 6.07) is -0.199. The summed E-state index contributed by atoms with van der Waals surface area (Å²) in [4.78, 5) is 30.3. The topological polar surface area (TPSA) is 98.8 Å². The fourth-order valence-corrected chi connectivity index (χ4v) is 2.76. The van der Waals surface area contributed by atoms with E-state index in [1.165, 1.54) is 0 Å². The van der Waals surface area contributed by atoms with E-state index >= 15 is 0 Å². The van der Waals surface area contributed by atoms with E-state index in [4.69, 9.17) is 0 Å². The molecule has 3 heterocycles. The number of aromatic nitrogens is 4. The van der Waals surface area contributed by atoms with Crippen LogP contribution in [0.3, 0.4) is 0 Å². The number of rotatable bonds is 3. The van der Waals surface area contributed by atoms with Gasteiger partial charge in [0.15, 0.2) is 11.5 Å². The van der Waals surface area contributed by atoms with E-state index in [0.29, 0.717) is 11.6 Å². The second kappa shape index (κ2) is 5.55. The van der Waals surface area contributed by atoms with Crippen molar-refractivity contribution < 1.29 is 4.79 Å². The van der Waals surface area contributed by atoms with Crippen molar-refractivity contribution in [3.05, 3.63) is 6.33 Å². The third kappa shape index (κ3) is 2.37. The molecule has 1 saturated heterocycles. The van der Waals surface area contributed by atoms with Crippen LogP contribution in [0.15, 0.2) is 6.33 Å². The molecule has 1 atom stereocenters. The van der Waals surface area contributed by atoms with Gasteiger partial charge in [0.1, 0.15) is 11.6 Å². The van der Waals surface area contributed by atoms with E-state index in [1.807, 2.05) is 4.90 Å². The Morgan fingerprint density at radius 2 is 2.24 bits per heavy atom. The maximum Gasteiger partial charge on any atom is 0.242 e. The molecule has 8 heteroatoms. The van der Waals surface area contributed by atoms with Crippen LogP contribution in [0.1, 0.15) is 19.3 Å². The number of amides is 1. The predicted octanol–water partition coefficient (Wildman–Crippen LogP) is 0.499. The predicted molar refractivity (Wildman–Crippen MR) is 80.3 cm³/mol. The quantitative estimate of drug-likeness (QED) is 0.761. The van der Waals surface area contributed by atoms with Crippen LogP contribution in [0.5, 0.6) is 0 Å². The summed E-state index contributed by atoms with van der Waals surface area (Å²) in [5.74, 6) is 1.26. The molecule has 0 bridgehead atoms. The molecule has 1 aliphatic rings. The van der Waals surface area contributed by atoms with Crippen LogP contribution in [0.2, 0.25) is 0 Å².